The first-order valence-corrected chi connectivity index (χ1v) is 8.44. The number of rotatable bonds is 6. The highest BCUT2D eigenvalue weighted by Crippen LogP contribution is 2.32. The van der Waals surface area contributed by atoms with E-state index in [-0.39, 0.29) is 17.6 Å². The number of anilines is 2. The second-order valence-electron chi connectivity index (χ2n) is 6.26. The molecule has 3 rings (SSSR count). The smallest absolute Gasteiger partial charge is 0.308 e. The molecule has 0 aliphatic carbocycles. The van der Waals surface area contributed by atoms with Gasteiger partial charge in [-0.2, -0.15) is 0 Å². The fourth-order valence-corrected chi connectivity index (χ4v) is 2.96. The number of nitro groups is 1. The van der Waals surface area contributed by atoms with Crippen molar-refractivity contribution < 1.29 is 14.5 Å². The van der Waals surface area contributed by atoms with Crippen LogP contribution in [0, 0.1) is 16.0 Å². The van der Waals surface area contributed by atoms with Crippen LogP contribution >= 0.6 is 0 Å². The van der Waals surface area contributed by atoms with Gasteiger partial charge in [0.25, 0.3) is 5.69 Å². The maximum atomic E-state index is 11.5. The minimum atomic E-state index is -0.412. The summed E-state index contributed by atoms with van der Waals surface area (Å²) < 4.78 is 4.75. The predicted octanol–water partition coefficient (Wildman–Crippen LogP) is 4.24. The fourth-order valence-electron chi connectivity index (χ4n) is 2.96. The number of hydrogen-bond acceptors (Lipinski definition) is 6. The van der Waals surface area contributed by atoms with E-state index in [1.54, 1.807) is 18.3 Å². The van der Waals surface area contributed by atoms with E-state index in [4.69, 9.17) is 4.74 Å². The minimum absolute atomic E-state index is 0.0239. The molecule has 0 fully saturated rings. The molecule has 1 heterocycles. The van der Waals surface area contributed by atoms with Crippen molar-refractivity contribution >= 4 is 33.8 Å². The van der Waals surface area contributed by atoms with Crippen molar-refractivity contribution in [2.24, 2.45) is 5.92 Å². The standard InChI is InChI=1S/C20H19N3O4/c1-13(20(24)27-2)11-14-3-5-15(6-4-14)22-18-7-8-19(23(25)26)17-12-21-10-9-16(17)18/h3-10,12-13,22H,11H2,1-2H3. The van der Waals surface area contributed by atoms with Crippen molar-refractivity contribution in [3.63, 3.8) is 0 Å². The van der Waals surface area contributed by atoms with Crippen molar-refractivity contribution in [2.75, 3.05) is 12.4 Å². The molecule has 0 radical (unpaired) electrons. The van der Waals surface area contributed by atoms with Crippen molar-refractivity contribution in [1.82, 2.24) is 4.98 Å². The van der Waals surface area contributed by atoms with Crippen LogP contribution in [-0.2, 0) is 16.0 Å². The summed E-state index contributed by atoms with van der Waals surface area (Å²) in [7, 11) is 1.38. The lowest BCUT2D eigenvalue weighted by Gasteiger charge is -2.12. The summed E-state index contributed by atoms with van der Waals surface area (Å²) in [6, 6.07) is 12.6. The van der Waals surface area contributed by atoms with E-state index in [1.807, 2.05) is 31.2 Å². The number of pyridine rings is 1. The van der Waals surface area contributed by atoms with Crippen molar-refractivity contribution in [2.45, 2.75) is 13.3 Å². The Labute approximate surface area is 156 Å². The van der Waals surface area contributed by atoms with Gasteiger partial charge in [-0.15, -0.1) is 0 Å². The quantitative estimate of drug-likeness (QED) is 0.399. The Bertz CT molecular complexity index is 986. The first kappa shape index (κ1) is 18.3. The minimum Gasteiger partial charge on any atom is -0.469 e. The van der Waals surface area contributed by atoms with E-state index >= 15 is 0 Å². The van der Waals surface area contributed by atoms with Crippen LogP contribution in [0.2, 0.25) is 0 Å². The number of ether oxygens (including phenoxy) is 1. The van der Waals surface area contributed by atoms with Crippen LogP contribution in [-0.4, -0.2) is 23.0 Å². The Kier molecular flexibility index (Phi) is 5.30. The normalized spacial score (nSPS) is 11.8. The maximum absolute atomic E-state index is 11.5. The molecule has 0 bridgehead atoms. The van der Waals surface area contributed by atoms with Gasteiger partial charge in [0.2, 0.25) is 0 Å². The van der Waals surface area contributed by atoms with Gasteiger partial charge in [-0.3, -0.25) is 19.9 Å². The molecule has 2 aromatic carbocycles. The van der Waals surface area contributed by atoms with Crippen molar-refractivity contribution in [3.8, 4) is 0 Å². The number of benzene rings is 2. The fraction of sp³-hybridized carbons (Fsp3) is 0.200. The monoisotopic (exact) mass is 365 g/mol. The van der Waals surface area contributed by atoms with Gasteiger partial charge < -0.3 is 10.1 Å². The molecule has 0 spiro atoms. The molecule has 1 unspecified atom stereocenters. The van der Waals surface area contributed by atoms with Crippen LogP contribution in [0.25, 0.3) is 10.8 Å². The molecule has 0 saturated heterocycles. The highest BCUT2D eigenvalue weighted by molar-refractivity contribution is 6.00. The molecule has 0 aliphatic rings. The van der Waals surface area contributed by atoms with Gasteiger partial charge in [-0.25, -0.2) is 0 Å². The first-order valence-electron chi connectivity index (χ1n) is 8.44. The molecule has 7 nitrogen and oxygen atoms in total. The van der Waals surface area contributed by atoms with Crippen LogP contribution in [0.1, 0.15) is 12.5 Å². The molecule has 1 aromatic heterocycles. The average molecular weight is 365 g/mol. The third kappa shape index (κ3) is 4.03. The maximum Gasteiger partial charge on any atom is 0.308 e. The van der Waals surface area contributed by atoms with E-state index < -0.39 is 4.92 Å². The number of carbonyl (C=O) groups is 1. The van der Waals surface area contributed by atoms with Crippen LogP contribution in [0.3, 0.4) is 0 Å². The number of nitrogens with zero attached hydrogens (tertiary/aromatic N) is 2. The van der Waals surface area contributed by atoms with E-state index in [0.29, 0.717) is 11.8 Å². The van der Waals surface area contributed by atoms with Gasteiger partial charge in [-0.1, -0.05) is 19.1 Å². The van der Waals surface area contributed by atoms with Gasteiger partial charge >= 0.3 is 5.97 Å². The molecular weight excluding hydrogens is 346 g/mol. The lowest BCUT2D eigenvalue weighted by molar-refractivity contribution is -0.383. The summed E-state index contributed by atoms with van der Waals surface area (Å²) in [5, 5.41) is 15.7. The summed E-state index contributed by atoms with van der Waals surface area (Å²) in [6.45, 7) is 1.83. The third-order valence-corrected chi connectivity index (χ3v) is 4.37. The number of non-ortho nitro benzene ring substituents is 1. The largest absolute Gasteiger partial charge is 0.469 e. The number of fused-ring (bicyclic) bond motifs is 1. The number of nitrogens with one attached hydrogen (secondary N) is 1. The average Bonchev–Trinajstić information content (AvgIpc) is 2.68. The Balaban J connectivity index is 1.83. The SMILES string of the molecule is COC(=O)C(C)Cc1ccc(Nc2ccc([N+](=O)[O-])c3cnccc23)cc1. The highest BCUT2D eigenvalue weighted by Gasteiger charge is 2.15. The predicted molar refractivity (Wildman–Crippen MR) is 103 cm³/mol. The molecule has 1 atom stereocenters. The molecule has 7 heteroatoms. The number of aromatic nitrogens is 1. The third-order valence-electron chi connectivity index (χ3n) is 4.37. The molecule has 1 N–H and O–H groups in total. The zero-order chi connectivity index (χ0) is 19.4. The second kappa shape index (κ2) is 7.82. The zero-order valence-corrected chi connectivity index (χ0v) is 15.0. The molecule has 3 aromatic rings. The zero-order valence-electron chi connectivity index (χ0n) is 15.0. The van der Waals surface area contributed by atoms with Crippen molar-refractivity contribution in [1.29, 1.82) is 0 Å². The number of methoxy groups -OCH3 is 1. The number of hydrogen-bond donors (Lipinski definition) is 1. The summed E-state index contributed by atoms with van der Waals surface area (Å²) in [6.07, 6.45) is 3.70. The number of nitro benzene ring substituents is 1. The Hall–Kier alpha value is -3.48. The summed E-state index contributed by atoms with van der Waals surface area (Å²) in [5.74, 6) is -0.442. The summed E-state index contributed by atoms with van der Waals surface area (Å²) >= 11 is 0. The van der Waals surface area contributed by atoms with Crippen LogP contribution in [0.5, 0.6) is 0 Å². The van der Waals surface area contributed by atoms with Gasteiger partial charge in [-0.05, 0) is 36.2 Å². The summed E-state index contributed by atoms with van der Waals surface area (Å²) in [5.41, 5.74) is 2.65. The lowest BCUT2D eigenvalue weighted by Crippen LogP contribution is -2.15. The van der Waals surface area contributed by atoms with Gasteiger partial charge in [0.05, 0.1) is 23.3 Å². The molecule has 138 valence electrons. The van der Waals surface area contributed by atoms with E-state index in [0.717, 1.165) is 22.3 Å². The van der Waals surface area contributed by atoms with E-state index in [1.165, 1.54) is 19.4 Å². The summed E-state index contributed by atoms with van der Waals surface area (Å²) in [4.78, 5) is 26.3. The first-order chi connectivity index (χ1) is 13.0. The van der Waals surface area contributed by atoms with E-state index in [2.05, 4.69) is 10.3 Å². The Morgan fingerprint density at radius 1 is 1.19 bits per heavy atom. The van der Waals surface area contributed by atoms with Gasteiger partial charge in [0.1, 0.15) is 0 Å². The topological polar surface area (TPSA) is 94.4 Å². The lowest BCUT2D eigenvalue weighted by atomic mass is 10.0. The van der Waals surface area contributed by atoms with Gasteiger partial charge in [0.15, 0.2) is 0 Å². The van der Waals surface area contributed by atoms with E-state index in [9.17, 15) is 14.9 Å². The molecule has 0 amide bonds. The Morgan fingerprint density at radius 3 is 2.59 bits per heavy atom. The number of esters is 1. The molecule has 0 aliphatic heterocycles. The van der Waals surface area contributed by atoms with Gasteiger partial charge in [0, 0.05) is 35.2 Å². The Morgan fingerprint density at radius 2 is 1.93 bits per heavy atom. The molecule has 27 heavy (non-hydrogen) atoms. The van der Waals surface area contributed by atoms with Crippen LogP contribution < -0.4 is 5.32 Å². The van der Waals surface area contributed by atoms with Crippen LogP contribution in [0.4, 0.5) is 17.1 Å². The molecular formula is C20H19N3O4. The molecule has 0 saturated carbocycles. The second-order valence-corrected chi connectivity index (χ2v) is 6.26. The van der Waals surface area contributed by atoms with Crippen molar-refractivity contribution in [3.05, 3.63) is 70.5 Å². The van der Waals surface area contributed by atoms with Crippen LogP contribution in [0.15, 0.2) is 54.9 Å². The number of carbonyl (C=O) groups excluding carboxylic acids is 1. The highest BCUT2D eigenvalue weighted by atomic mass is 16.6.